The maximum atomic E-state index is 12.3. The second kappa shape index (κ2) is 8.00. The van der Waals surface area contributed by atoms with Gasteiger partial charge >= 0.3 is 0 Å². The van der Waals surface area contributed by atoms with Crippen LogP contribution in [0.3, 0.4) is 0 Å². The van der Waals surface area contributed by atoms with Gasteiger partial charge in [0.05, 0.1) is 30.5 Å². The van der Waals surface area contributed by atoms with E-state index in [1.807, 2.05) is 18.2 Å². The standard InChI is InChI=1S/C21H23N3O4/c1-27-19-9-5-4-8-18(19)23-12-10-22(11-13-23)14-15-28-24-20(25)16-6-2-3-7-17(16)21(24)26/h2-9H,10-15H2,1H3. The number of rotatable bonds is 6. The van der Waals surface area contributed by atoms with Crippen molar-refractivity contribution in [3.8, 4) is 5.75 Å². The molecule has 1 fully saturated rings. The lowest BCUT2D eigenvalue weighted by Gasteiger charge is -2.36. The third-order valence-electron chi connectivity index (χ3n) is 5.18. The molecule has 2 amide bonds. The Morgan fingerprint density at radius 2 is 1.46 bits per heavy atom. The van der Waals surface area contributed by atoms with Crippen LogP contribution in [0, 0.1) is 0 Å². The average molecular weight is 381 g/mol. The SMILES string of the molecule is COc1ccccc1N1CCN(CCON2C(=O)c3ccccc3C2=O)CC1. The highest BCUT2D eigenvalue weighted by atomic mass is 16.7. The maximum Gasteiger partial charge on any atom is 0.285 e. The van der Waals surface area contributed by atoms with Crippen LogP contribution < -0.4 is 9.64 Å². The van der Waals surface area contributed by atoms with E-state index in [-0.39, 0.29) is 11.8 Å². The van der Waals surface area contributed by atoms with Crippen LogP contribution in [-0.2, 0) is 4.84 Å². The second-order valence-corrected chi connectivity index (χ2v) is 6.78. The molecule has 0 unspecified atom stereocenters. The quantitative estimate of drug-likeness (QED) is 0.714. The second-order valence-electron chi connectivity index (χ2n) is 6.78. The summed E-state index contributed by atoms with van der Waals surface area (Å²) in [6, 6.07) is 14.8. The molecule has 2 aliphatic rings. The fraction of sp³-hybridized carbons (Fsp3) is 0.333. The van der Waals surface area contributed by atoms with Crippen molar-refractivity contribution in [2.75, 3.05) is 51.3 Å². The molecule has 2 aromatic carbocycles. The van der Waals surface area contributed by atoms with E-state index in [4.69, 9.17) is 9.57 Å². The van der Waals surface area contributed by atoms with Gasteiger partial charge < -0.3 is 9.64 Å². The van der Waals surface area contributed by atoms with Gasteiger partial charge in [-0.1, -0.05) is 24.3 Å². The third-order valence-corrected chi connectivity index (χ3v) is 5.18. The number of anilines is 1. The number of hydroxylamine groups is 2. The van der Waals surface area contributed by atoms with Crippen molar-refractivity contribution >= 4 is 17.5 Å². The Balaban J connectivity index is 1.27. The minimum Gasteiger partial charge on any atom is -0.495 e. The number of fused-ring (bicyclic) bond motifs is 1. The molecule has 0 spiro atoms. The molecule has 4 rings (SSSR count). The Morgan fingerprint density at radius 1 is 0.857 bits per heavy atom. The van der Waals surface area contributed by atoms with Crippen LogP contribution in [0.4, 0.5) is 5.69 Å². The Hall–Kier alpha value is -2.90. The molecule has 1 saturated heterocycles. The number of carbonyl (C=O) groups is 2. The molecule has 0 saturated carbocycles. The molecule has 2 aliphatic heterocycles. The van der Waals surface area contributed by atoms with E-state index < -0.39 is 0 Å². The number of methoxy groups -OCH3 is 1. The van der Waals surface area contributed by atoms with E-state index >= 15 is 0 Å². The Morgan fingerprint density at radius 3 is 2.11 bits per heavy atom. The zero-order chi connectivity index (χ0) is 19.5. The fourth-order valence-corrected chi connectivity index (χ4v) is 3.65. The molecule has 2 aromatic rings. The topological polar surface area (TPSA) is 62.3 Å². The summed E-state index contributed by atoms with van der Waals surface area (Å²) in [5.41, 5.74) is 1.91. The molecular weight excluding hydrogens is 358 g/mol. The highest BCUT2D eigenvalue weighted by molar-refractivity contribution is 6.20. The number of nitrogens with zero attached hydrogens (tertiary/aromatic N) is 3. The summed E-state index contributed by atoms with van der Waals surface area (Å²) in [6.07, 6.45) is 0. The number of carbonyl (C=O) groups excluding carboxylic acids is 2. The van der Waals surface area contributed by atoms with Crippen LogP contribution in [-0.4, -0.2) is 68.2 Å². The molecule has 7 heteroatoms. The van der Waals surface area contributed by atoms with Gasteiger partial charge in [0.15, 0.2) is 0 Å². The van der Waals surface area contributed by atoms with Crippen molar-refractivity contribution in [1.29, 1.82) is 0 Å². The normalized spacial score (nSPS) is 17.2. The minimum atomic E-state index is -0.387. The van der Waals surface area contributed by atoms with E-state index in [0.29, 0.717) is 24.3 Å². The Labute approximate surface area is 164 Å². The summed E-state index contributed by atoms with van der Waals surface area (Å²) in [4.78, 5) is 34.7. The molecule has 0 aromatic heterocycles. The van der Waals surface area contributed by atoms with E-state index in [9.17, 15) is 9.59 Å². The first-order chi connectivity index (χ1) is 13.7. The van der Waals surface area contributed by atoms with Gasteiger partial charge in [0.25, 0.3) is 11.8 Å². The van der Waals surface area contributed by atoms with Gasteiger partial charge in [-0.2, -0.15) is 0 Å². The Bertz CT molecular complexity index is 842. The van der Waals surface area contributed by atoms with Gasteiger partial charge in [0.1, 0.15) is 5.75 Å². The predicted molar refractivity (Wildman–Crippen MR) is 105 cm³/mol. The summed E-state index contributed by atoms with van der Waals surface area (Å²) in [5, 5.41) is 0.885. The van der Waals surface area contributed by atoms with Gasteiger partial charge in [-0.25, -0.2) is 0 Å². The van der Waals surface area contributed by atoms with Gasteiger partial charge in [0, 0.05) is 32.7 Å². The molecule has 0 radical (unpaired) electrons. The van der Waals surface area contributed by atoms with E-state index in [0.717, 1.165) is 42.7 Å². The molecule has 0 N–H and O–H groups in total. The molecule has 0 bridgehead atoms. The average Bonchev–Trinajstić information content (AvgIpc) is 2.99. The number of hydrogen-bond acceptors (Lipinski definition) is 6. The van der Waals surface area contributed by atoms with Crippen LogP contribution >= 0.6 is 0 Å². The number of hydrogen-bond donors (Lipinski definition) is 0. The van der Waals surface area contributed by atoms with Crippen molar-refractivity contribution in [3.05, 3.63) is 59.7 Å². The molecule has 7 nitrogen and oxygen atoms in total. The van der Waals surface area contributed by atoms with Crippen molar-refractivity contribution in [3.63, 3.8) is 0 Å². The number of piperazine rings is 1. The van der Waals surface area contributed by atoms with Crippen LogP contribution in [0.25, 0.3) is 0 Å². The van der Waals surface area contributed by atoms with Gasteiger partial charge in [0.2, 0.25) is 0 Å². The van der Waals surface area contributed by atoms with E-state index in [2.05, 4.69) is 15.9 Å². The smallest absolute Gasteiger partial charge is 0.285 e. The third kappa shape index (κ3) is 3.46. The highest BCUT2D eigenvalue weighted by Gasteiger charge is 2.36. The summed E-state index contributed by atoms with van der Waals surface area (Å²) in [5.74, 6) is 0.105. The number of amides is 2. The number of benzene rings is 2. The van der Waals surface area contributed by atoms with Crippen molar-refractivity contribution in [1.82, 2.24) is 9.96 Å². The van der Waals surface area contributed by atoms with Crippen LogP contribution in [0.2, 0.25) is 0 Å². The summed E-state index contributed by atoms with van der Waals surface area (Å²) in [7, 11) is 1.69. The predicted octanol–water partition coefficient (Wildman–Crippen LogP) is 2.04. The van der Waals surface area contributed by atoms with Gasteiger partial charge in [-0.05, 0) is 24.3 Å². The highest BCUT2D eigenvalue weighted by Crippen LogP contribution is 2.28. The van der Waals surface area contributed by atoms with E-state index in [1.54, 1.807) is 31.4 Å². The molecule has 28 heavy (non-hydrogen) atoms. The van der Waals surface area contributed by atoms with Gasteiger partial charge in [-0.3, -0.25) is 19.3 Å². The summed E-state index contributed by atoms with van der Waals surface area (Å²) in [6.45, 7) is 4.47. The van der Waals surface area contributed by atoms with Crippen LogP contribution in [0.15, 0.2) is 48.5 Å². The zero-order valence-corrected chi connectivity index (χ0v) is 15.8. The minimum absolute atomic E-state index is 0.292. The fourth-order valence-electron chi connectivity index (χ4n) is 3.65. The van der Waals surface area contributed by atoms with Crippen molar-refractivity contribution in [2.24, 2.45) is 0 Å². The summed E-state index contributed by atoms with van der Waals surface area (Å²) < 4.78 is 5.45. The lowest BCUT2D eigenvalue weighted by atomic mass is 10.1. The van der Waals surface area contributed by atoms with Crippen LogP contribution in [0.5, 0.6) is 5.75 Å². The molecule has 0 aliphatic carbocycles. The molecule has 2 heterocycles. The number of ether oxygens (including phenoxy) is 1. The van der Waals surface area contributed by atoms with Crippen molar-refractivity contribution < 1.29 is 19.2 Å². The summed E-state index contributed by atoms with van der Waals surface area (Å²) >= 11 is 0. The first-order valence-corrected chi connectivity index (χ1v) is 9.40. The Kier molecular flexibility index (Phi) is 5.27. The molecule has 146 valence electrons. The molecular formula is C21H23N3O4. The van der Waals surface area contributed by atoms with Crippen molar-refractivity contribution in [2.45, 2.75) is 0 Å². The largest absolute Gasteiger partial charge is 0.495 e. The lowest BCUT2D eigenvalue weighted by molar-refractivity contribution is -0.0957. The van der Waals surface area contributed by atoms with Gasteiger partial charge in [-0.15, -0.1) is 5.06 Å². The number of para-hydroxylation sites is 2. The first kappa shape index (κ1) is 18.5. The lowest BCUT2D eigenvalue weighted by Crippen LogP contribution is -2.48. The monoisotopic (exact) mass is 381 g/mol. The molecule has 0 atom stereocenters. The van der Waals surface area contributed by atoms with Crippen LogP contribution in [0.1, 0.15) is 20.7 Å². The number of imide groups is 1. The maximum absolute atomic E-state index is 12.3. The van der Waals surface area contributed by atoms with E-state index in [1.165, 1.54) is 0 Å². The first-order valence-electron chi connectivity index (χ1n) is 9.40. The zero-order valence-electron chi connectivity index (χ0n) is 15.8.